The number of benzene rings is 2. The molecule has 0 radical (unpaired) electrons. The molecule has 0 aliphatic carbocycles. The Balaban J connectivity index is 1.25. The van der Waals surface area contributed by atoms with Crippen LogP contribution in [0.15, 0.2) is 40.9 Å². The lowest BCUT2D eigenvalue weighted by atomic mass is 10.2. The molecule has 0 spiro atoms. The number of hydrogen-bond donors (Lipinski definition) is 2. The van der Waals surface area contributed by atoms with Crippen LogP contribution in [0.5, 0.6) is 11.5 Å². The molecule has 33 heavy (non-hydrogen) atoms. The molecule has 3 amide bonds. The number of nitrogens with one attached hydrogen (secondary N) is 2. The number of anilines is 1. The number of aryl methyl sites for hydroxylation is 1. The van der Waals surface area contributed by atoms with Crippen LogP contribution in [0.25, 0.3) is 0 Å². The summed E-state index contributed by atoms with van der Waals surface area (Å²) in [6, 6.07) is 9.43. The fraction of sp³-hybridized carbons (Fsp3) is 0.273. The van der Waals surface area contributed by atoms with E-state index in [-0.39, 0.29) is 38.0 Å². The summed E-state index contributed by atoms with van der Waals surface area (Å²) in [4.78, 5) is 30.0. The number of carbonyl (C=O) groups is 2. The Labute approximate surface area is 188 Å². The second kappa shape index (κ2) is 9.55. The molecule has 10 nitrogen and oxygen atoms in total. The van der Waals surface area contributed by atoms with Crippen LogP contribution in [-0.2, 0) is 13.0 Å². The van der Waals surface area contributed by atoms with E-state index in [4.69, 9.17) is 14.0 Å². The molecule has 2 N–H and O–H groups in total. The smallest absolute Gasteiger partial charge is 0.321 e. The minimum absolute atomic E-state index is 0.173. The van der Waals surface area contributed by atoms with Crippen LogP contribution in [-0.4, -0.2) is 47.4 Å². The van der Waals surface area contributed by atoms with Crippen molar-refractivity contribution >= 4 is 17.6 Å². The summed E-state index contributed by atoms with van der Waals surface area (Å²) in [7, 11) is 1.58. The molecule has 1 aliphatic heterocycles. The molecule has 0 atom stereocenters. The largest absolute Gasteiger partial charge is 0.454 e. The summed E-state index contributed by atoms with van der Waals surface area (Å²) in [5.41, 5.74) is 1.68. The number of hydrogen-bond acceptors (Lipinski definition) is 7. The standard InChI is InChI=1S/C22H22FN5O5/c1-13-3-5-15(10-16(13)23)25-22(30)28(2)8-7-19-26-21(33-27-19)20(29)24-11-14-4-6-17-18(9-14)32-12-31-17/h3-6,9-10H,7-8,11-12H2,1-2H3,(H,24,29)(H,25,30). The molecule has 0 fully saturated rings. The van der Waals surface area contributed by atoms with Gasteiger partial charge in [-0.1, -0.05) is 17.3 Å². The molecule has 0 bridgehead atoms. The molecule has 3 aromatic rings. The molecule has 0 saturated heterocycles. The van der Waals surface area contributed by atoms with Crippen LogP contribution >= 0.6 is 0 Å². The average molecular weight is 455 g/mol. The molecule has 172 valence electrons. The lowest BCUT2D eigenvalue weighted by Gasteiger charge is -2.17. The maximum Gasteiger partial charge on any atom is 0.321 e. The molecule has 2 heterocycles. The van der Waals surface area contributed by atoms with E-state index in [1.54, 1.807) is 38.2 Å². The van der Waals surface area contributed by atoms with E-state index in [0.717, 1.165) is 5.56 Å². The van der Waals surface area contributed by atoms with E-state index in [1.807, 2.05) is 6.07 Å². The third-order valence-electron chi connectivity index (χ3n) is 4.99. The summed E-state index contributed by atoms with van der Waals surface area (Å²) in [5.74, 6) is 0.488. The molecule has 1 aromatic heterocycles. The first kappa shape index (κ1) is 22.1. The highest BCUT2D eigenvalue weighted by Gasteiger charge is 2.18. The number of halogens is 1. The van der Waals surface area contributed by atoms with Crippen molar-refractivity contribution in [3.8, 4) is 11.5 Å². The highest BCUT2D eigenvalue weighted by molar-refractivity contribution is 5.89. The van der Waals surface area contributed by atoms with Crippen molar-refractivity contribution in [2.75, 3.05) is 25.7 Å². The second-order valence-electron chi connectivity index (χ2n) is 7.45. The molecule has 0 unspecified atom stereocenters. The monoisotopic (exact) mass is 455 g/mol. The topological polar surface area (TPSA) is 119 Å². The van der Waals surface area contributed by atoms with Crippen molar-refractivity contribution < 1.29 is 28.0 Å². The van der Waals surface area contributed by atoms with Crippen LogP contribution in [0.4, 0.5) is 14.9 Å². The molecule has 1 aliphatic rings. The summed E-state index contributed by atoms with van der Waals surface area (Å²) in [5, 5.41) is 9.11. The number of ether oxygens (including phenoxy) is 2. The van der Waals surface area contributed by atoms with Crippen molar-refractivity contribution in [1.29, 1.82) is 0 Å². The third-order valence-corrected chi connectivity index (χ3v) is 4.99. The van der Waals surface area contributed by atoms with Crippen LogP contribution < -0.4 is 20.1 Å². The highest BCUT2D eigenvalue weighted by atomic mass is 19.1. The Morgan fingerprint density at radius 3 is 2.79 bits per heavy atom. The Bertz CT molecular complexity index is 1180. The van der Waals surface area contributed by atoms with E-state index < -0.39 is 17.8 Å². The number of urea groups is 1. The fourth-order valence-electron chi connectivity index (χ4n) is 3.02. The molecule has 2 aromatic carbocycles. The quantitative estimate of drug-likeness (QED) is 0.562. The summed E-state index contributed by atoms with van der Waals surface area (Å²) >= 11 is 0. The SMILES string of the molecule is Cc1ccc(NC(=O)N(C)CCc2noc(C(=O)NCc3ccc4c(c3)OCO4)n2)cc1F. The van der Waals surface area contributed by atoms with Gasteiger partial charge >= 0.3 is 17.8 Å². The maximum absolute atomic E-state index is 13.6. The lowest BCUT2D eigenvalue weighted by molar-refractivity contribution is 0.0907. The summed E-state index contributed by atoms with van der Waals surface area (Å²) < 4.78 is 29.2. The Kier molecular flexibility index (Phi) is 6.38. The first-order valence-corrected chi connectivity index (χ1v) is 10.2. The van der Waals surface area contributed by atoms with Crippen molar-refractivity contribution in [1.82, 2.24) is 20.4 Å². The zero-order valence-corrected chi connectivity index (χ0v) is 18.1. The van der Waals surface area contributed by atoms with Crippen molar-refractivity contribution in [3.05, 3.63) is 65.1 Å². The first-order valence-electron chi connectivity index (χ1n) is 10.2. The number of fused-ring (bicyclic) bond motifs is 1. The van der Waals surface area contributed by atoms with Gasteiger partial charge < -0.3 is 29.5 Å². The number of aromatic nitrogens is 2. The molecular formula is C22H22FN5O5. The Morgan fingerprint density at radius 2 is 1.97 bits per heavy atom. The zero-order valence-electron chi connectivity index (χ0n) is 18.1. The van der Waals surface area contributed by atoms with Gasteiger partial charge in [-0.3, -0.25) is 4.79 Å². The van der Waals surface area contributed by atoms with Gasteiger partial charge in [-0.05, 0) is 42.3 Å². The number of rotatable bonds is 7. The molecule has 11 heteroatoms. The van der Waals surface area contributed by atoms with Crippen LogP contribution in [0, 0.1) is 12.7 Å². The number of carbonyl (C=O) groups excluding carboxylic acids is 2. The summed E-state index contributed by atoms with van der Waals surface area (Å²) in [6.07, 6.45) is 0.269. The Hall–Kier alpha value is -4.15. The zero-order chi connectivity index (χ0) is 23.4. The first-order chi connectivity index (χ1) is 15.9. The number of nitrogens with zero attached hydrogens (tertiary/aromatic N) is 3. The van der Waals surface area contributed by atoms with E-state index in [2.05, 4.69) is 20.8 Å². The van der Waals surface area contributed by atoms with Gasteiger partial charge in [-0.25, -0.2) is 9.18 Å². The van der Waals surface area contributed by atoms with E-state index in [0.29, 0.717) is 22.7 Å². The van der Waals surface area contributed by atoms with Gasteiger partial charge in [0.15, 0.2) is 17.3 Å². The van der Waals surface area contributed by atoms with Gasteiger partial charge in [0, 0.05) is 32.2 Å². The lowest BCUT2D eigenvalue weighted by Crippen LogP contribution is -2.33. The number of amides is 3. The van der Waals surface area contributed by atoms with Crippen LogP contribution in [0.1, 0.15) is 27.6 Å². The Morgan fingerprint density at radius 1 is 1.15 bits per heavy atom. The van der Waals surface area contributed by atoms with Gasteiger partial charge in [0.05, 0.1) is 0 Å². The van der Waals surface area contributed by atoms with Gasteiger partial charge in [-0.15, -0.1) is 0 Å². The fourth-order valence-corrected chi connectivity index (χ4v) is 3.02. The van der Waals surface area contributed by atoms with Gasteiger partial charge in [-0.2, -0.15) is 4.98 Å². The van der Waals surface area contributed by atoms with E-state index in [1.165, 1.54) is 11.0 Å². The predicted molar refractivity (Wildman–Crippen MR) is 115 cm³/mol. The summed E-state index contributed by atoms with van der Waals surface area (Å²) in [6.45, 7) is 2.33. The van der Waals surface area contributed by atoms with E-state index >= 15 is 0 Å². The van der Waals surface area contributed by atoms with E-state index in [9.17, 15) is 14.0 Å². The average Bonchev–Trinajstić information content (AvgIpc) is 3.47. The molecular weight excluding hydrogens is 433 g/mol. The normalized spacial score (nSPS) is 11.8. The maximum atomic E-state index is 13.6. The predicted octanol–water partition coefficient (Wildman–Crippen LogP) is 2.88. The highest BCUT2D eigenvalue weighted by Crippen LogP contribution is 2.32. The van der Waals surface area contributed by atoms with Gasteiger partial charge in [0.2, 0.25) is 6.79 Å². The number of likely N-dealkylation sites (N-methyl/N-ethyl adjacent to an activating group) is 1. The van der Waals surface area contributed by atoms with Crippen molar-refractivity contribution in [3.63, 3.8) is 0 Å². The van der Waals surface area contributed by atoms with Crippen molar-refractivity contribution in [2.45, 2.75) is 19.9 Å². The van der Waals surface area contributed by atoms with Gasteiger partial charge in [0.1, 0.15) is 5.82 Å². The second-order valence-corrected chi connectivity index (χ2v) is 7.45. The minimum Gasteiger partial charge on any atom is -0.454 e. The van der Waals surface area contributed by atoms with Crippen molar-refractivity contribution in [2.24, 2.45) is 0 Å². The van der Waals surface area contributed by atoms with Crippen LogP contribution in [0.2, 0.25) is 0 Å². The van der Waals surface area contributed by atoms with Crippen LogP contribution in [0.3, 0.4) is 0 Å². The molecule has 4 rings (SSSR count). The third kappa shape index (κ3) is 5.37. The molecule has 0 saturated carbocycles. The van der Waals surface area contributed by atoms with Gasteiger partial charge in [0.25, 0.3) is 0 Å². The minimum atomic E-state index is -0.515.